The number of carbonyl (C=O) groups is 6. The van der Waals surface area contributed by atoms with Gasteiger partial charge in [-0.1, -0.05) is 6.92 Å². The van der Waals surface area contributed by atoms with Crippen LogP contribution in [-0.2, 0) is 38.2 Å². The zero-order valence-electron chi connectivity index (χ0n) is 25.5. The molecule has 0 radical (unpaired) electrons. The number of esters is 2. The fraction of sp³-hybridized carbons (Fsp3) is 0.786. The first-order chi connectivity index (χ1) is 19.2. The van der Waals surface area contributed by atoms with Gasteiger partial charge >= 0.3 is 11.9 Å². The molecule has 2 rings (SSSR count). The Labute approximate surface area is 242 Å². The number of nitrogens with zero attached hydrogens (tertiary/aromatic N) is 4. The lowest BCUT2D eigenvalue weighted by Crippen LogP contribution is -2.55. The first-order valence-electron chi connectivity index (χ1n) is 14.3. The van der Waals surface area contributed by atoms with Crippen LogP contribution in [0.1, 0.15) is 52.9 Å². The van der Waals surface area contributed by atoms with Gasteiger partial charge in [0, 0.05) is 26.6 Å². The van der Waals surface area contributed by atoms with Crippen molar-refractivity contribution in [3.05, 3.63) is 0 Å². The summed E-state index contributed by atoms with van der Waals surface area (Å²) in [7, 11) is 6.78. The van der Waals surface area contributed by atoms with Crippen molar-refractivity contribution in [2.75, 3.05) is 54.4 Å². The van der Waals surface area contributed by atoms with E-state index in [0.717, 1.165) is 6.54 Å². The second-order valence-electron chi connectivity index (χ2n) is 11.6. The van der Waals surface area contributed by atoms with E-state index in [1.807, 2.05) is 11.9 Å². The third kappa shape index (κ3) is 10.1. The van der Waals surface area contributed by atoms with Crippen molar-refractivity contribution in [3.63, 3.8) is 0 Å². The van der Waals surface area contributed by atoms with E-state index in [4.69, 9.17) is 9.47 Å². The maximum Gasteiger partial charge on any atom is 0.323 e. The molecule has 13 heteroatoms. The molecule has 0 aromatic carbocycles. The van der Waals surface area contributed by atoms with E-state index in [1.165, 1.54) is 23.8 Å². The second-order valence-corrected chi connectivity index (χ2v) is 11.6. The Balaban J connectivity index is 2.04. The van der Waals surface area contributed by atoms with Crippen LogP contribution < -0.4 is 5.32 Å². The molecule has 0 aromatic heterocycles. The van der Waals surface area contributed by atoms with Gasteiger partial charge < -0.3 is 29.4 Å². The highest BCUT2D eigenvalue weighted by atomic mass is 16.5. The minimum absolute atomic E-state index is 0.0146. The summed E-state index contributed by atoms with van der Waals surface area (Å²) in [4.78, 5) is 81.8. The van der Waals surface area contributed by atoms with E-state index < -0.39 is 42.0 Å². The van der Waals surface area contributed by atoms with Gasteiger partial charge in [0.2, 0.25) is 17.7 Å². The van der Waals surface area contributed by atoms with Gasteiger partial charge in [0.1, 0.15) is 30.5 Å². The zero-order valence-corrected chi connectivity index (χ0v) is 25.5. The summed E-state index contributed by atoms with van der Waals surface area (Å²) in [6, 6.07) is -2.91. The minimum atomic E-state index is -1.03. The summed E-state index contributed by atoms with van der Waals surface area (Å²) in [5.74, 6) is -1.74. The van der Waals surface area contributed by atoms with Crippen molar-refractivity contribution in [2.45, 2.75) is 83.1 Å². The van der Waals surface area contributed by atoms with Crippen LogP contribution in [-0.4, -0.2) is 140 Å². The topological polar surface area (TPSA) is 146 Å². The van der Waals surface area contributed by atoms with Crippen molar-refractivity contribution >= 4 is 35.9 Å². The van der Waals surface area contributed by atoms with Gasteiger partial charge in [-0.15, -0.1) is 0 Å². The number of hydrogen-bond acceptors (Lipinski definition) is 10. The standard InChI is InChI=1S/C28H47N5O8/c1-18-13-23(31(6)15-18)28(39)41-20(3)14-24(35)33-11-8-9-22(33)27(38)32(7)21(26(37)29-19(2)17-34)10-12-40-25(36)16-30(4)5/h17-23H,8-16H2,1-7H3,(H,29,37)/t18-,19?,20?,21?,22?,23?/m1/s1. The average Bonchev–Trinajstić information content (AvgIpc) is 3.51. The van der Waals surface area contributed by atoms with Gasteiger partial charge in [-0.25, -0.2) is 0 Å². The zero-order chi connectivity index (χ0) is 30.9. The van der Waals surface area contributed by atoms with Crippen LogP contribution in [0, 0.1) is 5.92 Å². The first kappa shape index (κ1) is 34.1. The molecule has 2 fully saturated rings. The molecule has 2 aliphatic rings. The van der Waals surface area contributed by atoms with Crippen LogP contribution in [0.25, 0.3) is 0 Å². The summed E-state index contributed by atoms with van der Waals surface area (Å²) in [5, 5.41) is 2.55. The molecule has 13 nitrogen and oxygen atoms in total. The minimum Gasteiger partial charge on any atom is -0.465 e. The molecule has 0 bridgehead atoms. The molecule has 2 aliphatic heterocycles. The van der Waals surface area contributed by atoms with E-state index in [9.17, 15) is 28.8 Å². The summed E-state index contributed by atoms with van der Waals surface area (Å²) in [6.45, 7) is 6.39. The highest BCUT2D eigenvalue weighted by Crippen LogP contribution is 2.24. The largest absolute Gasteiger partial charge is 0.465 e. The number of likely N-dealkylation sites (N-methyl/N-ethyl adjacent to an activating group) is 3. The normalized spacial score (nSPS) is 23.0. The molecule has 41 heavy (non-hydrogen) atoms. The lowest BCUT2D eigenvalue weighted by molar-refractivity contribution is -0.156. The Kier molecular flexibility index (Phi) is 13.2. The van der Waals surface area contributed by atoms with Crippen LogP contribution in [0.2, 0.25) is 0 Å². The van der Waals surface area contributed by atoms with Crippen molar-refractivity contribution in [1.29, 1.82) is 0 Å². The monoisotopic (exact) mass is 581 g/mol. The third-order valence-corrected chi connectivity index (χ3v) is 7.46. The second kappa shape index (κ2) is 15.8. The molecule has 3 amide bonds. The SMILES string of the molecule is CC(C=O)NC(=O)C(CCOC(=O)CN(C)C)N(C)C(=O)C1CCCN1C(=O)CC(C)OC(=O)C1C[C@@H](C)CN1C. The van der Waals surface area contributed by atoms with Gasteiger partial charge in [-0.2, -0.15) is 0 Å². The van der Waals surface area contributed by atoms with Crippen LogP contribution in [0.3, 0.4) is 0 Å². The Bertz CT molecular complexity index is 960. The molecule has 6 atom stereocenters. The van der Waals surface area contributed by atoms with Crippen molar-refractivity contribution in [3.8, 4) is 0 Å². The molecule has 0 spiro atoms. The van der Waals surface area contributed by atoms with E-state index in [0.29, 0.717) is 38.0 Å². The summed E-state index contributed by atoms with van der Waals surface area (Å²) < 4.78 is 10.8. The van der Waals surface area contributed by atoms with Crippen molar-refractivity contribution < 1.29 is 38.2 Å². The number of likely N-dealkylation sites (tertiary alicyclic amines) is 2. The highest BCUT2D eigenvalue weighted by Gasteiger charge is 2.40. The van der Waals surface area contributed by atoms with E-state index >= 15 is 0 Å². The summed E-state index contributed by atoms with van der Waals surface area (Å²) in [6.07, 6.45) is 1.61. The molecule has 2 heterocycles. The molecule has 232 valence electrons. The number of amides is 3. The van der Waals surface area contributed by atoms with Gasteiger partial charge in [0.25, 0.3) is 0 Å². The average molecular weight is 582 g/mol. The van der Waals surface area contributed by atoms with Crippen LogP contribution >= 0.6 is 0 Å². The number of aldehydes is 1. The maximum absolute atomic E-state index is 13.6. The molecule has 0 aromatic rings. The predicted octanol–water partition coefficient (Wildman–Crippen LogP) is -0.335. The molecule has 1 N–H and O–H groups in total. The van der Waals surface area contributed by atoms with Gasteiger partial charge in [-0.3, -0.25) is 33.8 Å². The van der Waals surface area contributed by atoms with Gasteiger partial charge in [0.15, 0.2) is 0 Å². The number of carbonyl (C=O) groups excluding carboxylic acids is 6. The third-order valence-electron chi connectivity index (χ3n) is 7.46. The smallest absolute Gasteiger partial charge is 0.323 e. The van der Waals surface area contributed by atoms with Crippen LogP contribution in [0.4, 0.5) is 0 Å². The molecular weight excluding hydrogens is 534 g/mol. The van der Waals surface area contributed by atoms with Gasteiger partial charge in [-0.05, 0) is 60.2 Å². The Morgan fingerprint density at radius 2 is 1.78 bits per heavy atom. The van der Waals surface area contributed by atoms with Crippen LogP contribution in [0.15, 0.2) is 0 Å². The van der Waals surface area contributed by atoms with E-state index in [2.05, 4.69) is 12.2 Å². The number of hydrogen-bond donors (Lipinski definition) is 1. The van der Waals surface area contributed by atoms with Crippen molar-refractivity contribution in [2.24, 2.45) is 5.92 Å². The van der Waals surface area contributed by atoms with Crippen LogP contribution in [0.5, 0.6) is 0 Å². The lowest BCUT2D eigenvalue weighted by atomic mass is 10.1. The maximum atomic E-state index is 13.6. The molecular formula is C28H47N5O8. The Morgan fingerprint density at radius 1 is 1.10 bits per heavy atom. The Hall–Kier alpha value is -3.06. The van der Waals surface area contributed by atoms with Gasteiger partial charge in [0.05, 0.1) is 25.6 Å². The molecule has 0 aliphatic carbocycles. The number of ether oxygens (including phenoxy) is 2. The Morgan fingerprint density at radius 3 is 2.37 bits per heavy atom. The lowest BCUT2D eigenvalue weighted by Gasteiger charge is -2.33. The molecule has 5 unspecified atom stereocenters. The fourth-order valence-electron chi connectivity index (χ4n) is 5.37. The highest BCUT2D eigenvalue weighted by molar-refractivity contribution is 5.93. The molecule has 2 saturated heterocycles. The summed E-state index contributed by atoms with van der Waals surface area (Å²) >= 11 is 0. The number of nitrogens with one attached hydrogen (secondary N) is 1. The quantitative estimate of drug-likeness (QED) is 0.214. The van der Waals surface area contributed by atoms with E-state index in [1.54, 1.807) is 25.9 Å². The summed E-state index contributed by atoms with van der Waals surface area (Å²) in [5.41, 5.74) is 0. The first-order valence-corrected chi connectivity index (χ1v) is 14.3. The molecule has 0 saturated carbocycles. The van der Waals surface area contributed by atoms with E-state index in [-0.39, 0.29) is 43.9 Å². The number of rotatable bonds is 14. The fourth-order valence-corrected chi connectivity index (χ4v) is 5.37. The van der Waals surface area contributed by atoms with Crippen molar-refractivity contribution in [1.82, 2.24) is 24.9 Å². The predicted molar refractivity (Wildman–Crippen MR) is 149 cm³/mol.